The first-order chi connectivity index (χ1) is 10.9. The predicted octanol–water partition coefficient (Wildman–Crippen LogP) is 1.36. The SMILES string of the molecule is COc1cc(NC(=O)CNC(=O)NC(C)C)cc(OC)c1OC. The van der Waals surface area contributed by atoms with E-state index >= 15 is 0 Å². The molecule has 0 saturated carbocycles. The second-order valence-corrected chi connectivity index (χ2v) is 4.94. The smallest absolute Gasteiger partial charge is 0.315 e. The van der Waals surface area contributed by atoms with E-state index in [4.69, 9.17) is 14.2 Å². The quantitative estimate of drug-likeness (QED) is 0.703. The van der Waals surface area contributed by atoms with Gasteiger partial charge in [-0.15, -0.1) is 0 Å². The van der Waals surface area contributed by atoms with Crippen molar-refractivity contribution in [3.63, 3.8) is 0 Å². The minimum absolute atomic E-state index is 0.00632. The number of hydrogen-bond acceptors (Lipinski definition) is 5. The van der Waals surface area contributed by atoms with Crippen LogP contribution in [0, 0.1) is 0 Å². The van der Waals surface area contributed by atoms with Crippen molar-refractivity contribution in [3.05, 3.63) is 12.1 Å². The largest absolute Gasteiger partial charge is 0.493 e. The van der Waals surface area contributed by atoms with Crippen molar-refractivity contribution in [1.29, 1.82) is 0 Å². The molecule has 0 heterocycles. The van der Waals surface area contributed by atoms with Crippen LogP contribution in [0.2, 0.25) is 0 Å². The first-order valence-corrected chi connectivity index (χ1v) is 7.05. The monoisotopic (exact) mass is 325 g/mol. The maximum Gasteiger partial charge on any atom is 0.315 e. The summed E-state index contributed by atoms with van der Waals surface area (Å²) in [7, 11) is 4.47. The van der Waals surface area contributed by atoms with Crippen LogP contribution in [0.1, 0.15) is 13.8 Å². The number of benzene rings is 1. The van der Waals surface area contributed by atoms with E-state index in [0.29, 0.717) is 22.9 Å². The Morgan fingerprint density at radius 1 is 1.04 bits per heavy atom. The van der Waals surface area contributed by atoms with Crippen LogP contribution in [0.3, 0.4) is 0 Å². The van der Waals surface area contributed by atoms with Gasteiger partial charge in [0.15, 0.2) is 11.5 Å². The molecule has 3 amide bonds. The molecule has 0 bridgehead atoms. The summed E-state index contributed by atoms with van der Waals surface area (Å²) >= 11 is 0. The van der Waals surface area contributed by atoms with Crippen LogP contribution >= 0.6 is 0 Å². The molecule has 3 N–H and O–H groups in total. The number of nitrogens with one attached hydrogen (secondary N) is 3. The Morgan fingerprint density at radius 2 is 1.61 bits per heavy atom. The van der Waals surface area contributed by atoms with Crippen molar-refractivity contribution in [3.8, 4) is 17.2 Å². The molecule has 1 aromatic rings. The number of anilines is 1. The molecular formula is C15H23N3O5. The van der Waals surface area contributed by atoms with Crippen LogP contribution in [0.15, 0.2) is 12.1 Å². The third kappa shape index (κ3) is 5.57. The maximum absolute atomic E-state index is 11.9. The highest BCUT2D eigenvalue weighted by Gasteiger charge is 2.14. The lowest BCUT2D eigenvalue weighted by Crippen LogP contribution is -2.42. The van der Waals surface area contributed by atoms with E-state index in [1.54, 1.807) is 12.1 Å². The second kappa shape index (κ2) is 8.72. The highest BCUT2D eigenvalue weighted by Crippen LogP contribution is 2.39. The Morgan fingerprint density at radius 3 is 2.04 bits per heavy atom. The average molecular weight is 325 g/mol. The van der Waals surface area contributed by atoms with E-state index in [1.807, 2.05) is 13.8 Å². The maximum atomic E-state index is 11.9. The van der Waals surface area contributed by atoms with Crippen LogP contribution < -0.4 is 30.2 Å². The molecule has 128 valence electrons. The number of carbonyl (C=O) groups is 2. The van der Waals surface area contributed by atoms with Crippen LogP contribution in [0.5, 0.6) is 17.2 Å². The summed E-state index contributed by atoms with van der Waals surface area (Å²) in [4.78, 5) is 23.3. The first-order valence-electron chi connectivity index (χ1n) is 7.05. The Kier molecular flexibility index (Phi) is 6.98. The van der Waals surface area contributed by atoms with E-state index in [2.05, 4.69) is 16.0 Å². The number of urea groups is 1. The van der Waals surface area contributed by atoms with Crippen molar-refractivity contribution < 1.29 is 23.8 Å². The molecule has 1 rings (SSSR count). The lowest BCUT2D eigenvalue weighted by molar-refractivity contribution is -0.115. The molecule has 0 saturated heterocycles. The molecule has 0 aliphatic heterocycles. The molecule has 8 heteroatoms. The van der Waals surface area contributed by atoms with Gasteiger partial charge in [0.1, 0.15) is 0 Å². The van der Waals surface area contributed by atoms with E-state index < -0.39 is 6.03 Å². The molecule has 1 aromatic carbocycles. The molecule has 0 unspecified atom stereocenters. The summed E-state index contributed by atoms with van der Waals surface area (Å²) < 4.78 is 15.6. The van der Waals surface area contributed by atoms with Gasteiger partial charge in [-0.3, -0.25) is 4.79 Å². The van der Waals surface area contributed by atoms with Crippen LogP contribution in [-0.4, -0.2) is 45.9 Å². The number of ether oxygens (including phenoxy) is 3. The fourth-order valence-electron chi connectivity index (χ4n) is 1.83. The third-order valence-corrected chi connectivity index (χ3v) is 2.78. The van der Waals surface area contributed by atoms with Crippen molar-refractivity contribution in [2.24, 2.45) is 0 Å². The molecule has 0 aromatic heterocycles. The number of carbonyl (C=O) groups excluding carboxylic acids is 2. The molecule has 0 fully saturated rings. The van der Waals surface area contributed by atoms with Crippen molar-refractivity contribution in [2.75, 3.05) is 33.2 Å². The average Bonchev–Trinajstić information content (AvgIpc) is 2.51. The minimum atomic E-state index is -0.403. The zero-order valence-corrected chi connectivity index (χ0v) is 14.0. The highest BCUT2D eigenvalue weighted by molar-refractivity contribution is 5.95. The van der Waals surface area contributed by atoms with Crippen molar-refractivity contribution >= 4 is 17.6 Å². The highest BCUT2D eigenvalue weighted by atomic mass is 16.5. The Bertz CT molecular complexity index is 535. The number of methoxy groups -OCH3 is 3. The lowest BCUT2D eigenvalue weighted by Gasteiger charge is -2.15. The fourth-order valence-corrected chi connectivity index (χ4v) is 1.83. The van der Waals surface area contributed by atoms with Crippen LogP contribution in [0.4, 0.5) is 10.5 Å². The van der Waals surface area contributed by atoms with Gasteiger partial charge >= 0.3 is 6.03 Å². The van der Waals surface area contributed by atoms with Gasteiger partial charge in [0, 0.05) is 23.9 Å². The Hall–Kier alpha value is -2.64. The number of rotatable bonds is 7. The number of hydrogen-bond donors (Lipinski definition) is 3. The summed E-state index contributed by atoms with van der Waals surface area (Å²) in [5.74, 6) is 0.904. The summed E-state index contributed by atoms with van der Waals surface area (Å²) in [5, 5.41) is 7.75. The lowest BCUT2D eigenvalue weighted by atomic mass is 10.2. The van der Waals surface area contributed by atoms with Gasteiger partial charge < -0.3 is 30.2 Å². The van der Waals surface area contributed by atoms with E-state index in [-0.39, 0.29) is 18.5 Å². The van der Waals surface area contributed by atoms with Gasteiger partial charge in [0.05, 0.1) is 27.9 Å². The standard InChI is InChI=1S/C15H23N3O5/c1-9(2)17-15(20)16-8-13(19)18-10-6-11(21-3)14(23-5)12(7-10)22-4/h6-7,9H,8H2,1-5H3,(H,18,19)(H2,16,17,20). The van der Waals surface area contributed by atoms with Crippen molar-refractivity contribution in [1.82, 2.24) is 10.6 Å². The molecule has 0 radical (unpaired) electrons. The zero-order chi connectivity index (χ0) is 17.4. The molecule has 8 nitrogen and oxygen atoms in total. The molecule has 0 aliphatic rings. The summed E-state index contributed by atoms with van der Waals surface area (Å²) in [5.41, 5.74) is 0.468. The van der Waals surface area contributed by atoms with Crippen molar-refractivity contribution in [2.45, 2.75) is 19.9 Å². The Balaban J connectivity index is 2.73. The van der Waals surface area contributed by atoms with Gasteiger partial charge in [-0.05, 0) is 13.8 Å². The van der Waals surface area contributed by atoms with Gasteiger partial charge in [-0.1, -0.05) is 0 Å². The van der Waals surface area contributed by atoms with E-state index in [1.165, 1.54) is 21.3 Å². The molecule has 23 heavy (non-hydrogen) atoms. The van der Waals surface area contributed by atoms with Crippen LogP contribution in [-0.2, 0) is 4.79 Å². The number of amides is 3. The fraction of sp³-hybridized carbons (Fsp3) is 0.467. The summed E-state index contributed by atoms with van der Waals surface area (Å²) in [6.07, 6.45) is 0. The second-order valence-electron chi connectivity index (χ2n) is 4.94. The molecule has 0 spiro atoms. The summed E-state index contributed by atoms with van der Waals surface area (Å²) in [6.45, 7) is 3.50. The topological polar surface area (TPSA) is 97.9 Å². The molecule has 0 atom stereocenters. The minimum Gasteiger partial charge on any atom is -0.493 e. The van der Waals surface area contributed by atoms with E-state index in [9.17, 15) is 9.59 Å². The zero-order valence-electron chi connectivity index (χ0n) is 14.0. The van der Waals surface area contributed by atoms with Gasteiger partial charge in [0.25, 0.3) is 0 Å². The van der Waals surface area contributed by atoms with E-state index in [0.717, 1.165) is 0 Å². The van der Waals surface area contributed by atoms with Crippen LogP contribution in [0.25, 0.3) is 0 Å². The molecular weight excluding hydrogens is 302 g/mol. The third-order valence-electron chi connectivity index (χ3n) is 2.78. The van der Waals surface area contributed by atoms with Gasteiger partial charge in [0.2, 0.25) is 11.7 Å². The van der Waals surface area contributed by atoms with Gasteiger partial charge in [-0.2, -0.15) is 0 Å². The first kappa shape index (κ1) is 18.4. The normalized spacial score (nSPS) is 10.0. The summed E-state index contributed by atoms with van der Waals surface area (Å²) in [6, 6.07) is 2.80. The van der Waals surface area contributed by atoms with Gasteiger partial charge in [-0.25, -0.2) is 4.79 Å². The Labute approximate surface area is 135 Å². The molecule has 0 aliphatic carbocycles. The predicted molar refractivity (Wildman–Crippen MR) is 86.4 cm³/mol.